The molecule has 2 aromatic heterocycles. The summed E-state index contributed by atoms with van der Waals surface area (Å²) in [5.41, 5.74) is 1.63. The van der Waals surface area contributed by atoms with Gasteiger partial charge in [0.1, 0.15) is 11.2 Å². The molecule has 2 nitrogen and oxygen atoms in total. The number of hydrogen-bond donors (Lipinski definition) is 0. The van der Waals surface area contributed by atoms with Crippen LogP contribution >= 0.6 is 11.6 Å². The highest BCUT2D eigenvalue weighted by molar-refractivity contribution is 6.37. The van der Waals surface area contributed by atoms with Gasteiger partial charge in [0.25, 0.3) is 0 Å². The van der Waals surface area contributed by atoms with Gasteiger partial charge in [0, 0.05) is 23.2 Å². The van der Waals surface area contributed by atoms with E-state index in [0.717, 1.165) is 21.9 Å². The molecule has 0 radical (unpaired) electrons. The second-order valence-electron chi connectivity index (χ2n) is 3.09. The monoisotopic (exact) mass is 203 g/mol. The molecule has 2 heterocycles. The minimum Gasteiger partial charge on any atom is -0.456 e. The number of hydrogen-bond acceptors (Lipinski definition) is 2. The van der Waals surface area contributed by atoms with Crippen molar-refractivity contribution in [2.45, 2.75) is 0 Å². The molecule has 0 aliphatic heterocycles. The van der Waals surface area contributed by atoms with E-state index in [2.05, 4.69) is 4.98 Å². The molecule has 3 rings (SSSR count). The lowest BCUT2D eigenvalue weighted by Gasteiger charge is -1.90. The zero-order valence-corrected chi connectivity index (χ0v) is 7.95. The van der Waals surface area contributed by atoms with Gasteiger partial charge in [-0.3, -0.25) is 4.98 Å². The molecule has 0 aliphatic carbocycles. The van der Waals surface area contributed by atoms with Crippen molar-refractivity contribution in [3.63, 3.8) is 0 Å². The number of fused-ring (bicyclic) bond motifs is 3. The van der Waals surface area contributed by atoms with Crippen LogP contribution in [0.2, 0.25) is 5.02 Å². The lowest BCUT2D eigenvalue weighted by molar-refractivity contribution is 0.668. The summed E-state index contributed by atoms with van der Waals surface area (Å²) in [6.07, 6.45) is 3.48. The largest absolute Gasteiger partial charge is 0.456 e. The number of nitrogens with zero attached hydrogens (tertiary/aromatic N) is 1. The fraction of sp³-hybridized carbons (Fsp3) is 0. The van der Waals surface area contributed by atoms with Gasteiger partial charge in [-0.25, -0.2) is 0 Å². The second-order valence-corrected chi connectivity index (χ2v) is 3.49. The molecule has 0 bridgehead atoms. The Morgan fingerprint density at radius 1 is 1.14 bits per heavy atom. The summed E-state index contributed by atoms with van der Waals surface area (Å²) >= 11 is 6.09. The van der Waals surface area contributed by atoms with Gasteiger partial charge in [0.15, 0.2) is 0 Å². The molecule has 0 spiro atoms. The molecule has 68 valence electrons. The summed E-state index contributed by atoms with van der Waals surface area (Å²) in [6.45, 7) is 0. The summed E-state index contributed by atoms with van der Waals surface area (Å²) in [7, 11) is 0. The van der Waals surface area contributed by atoms with Gasteiger partial charge in [-0.15, -0.1) is 0 Å². The zero-order valence-electron chi connectivity index (χ0n) is 7.20. The van der Waals surface area contributed by atoms with Crippen LogP contribution in [0.1, 0.15) is 0 Å². The maximum atomic E-state index is 6.09. The minimum absolute atomic E-state index is 0.703. The summed E-state index contributed by atoms with van der Waals surface area (Å²) in [5.74, 6) is 0. The van der Waals surface area contributed by atoms with Crippen molar-refractivity contribution in [1.82, 2.24) is 4.98 Å². The van der Waals surface area contributed by atoms with Crippen molar-refractivity contribution >= 4 is 33.5 Å². The van der Waals surface area contributed by atoms with Gasteiger partial charge in [0.2, 0.25) is 0 Å². The van der Waals surface area contributed by atoms with Gasteiger partial charge >= 0.3 is 0 Å². The molecule has 0 fully saturated rings. The SMILES string of the molecule is Clc1cccc2oc3ccncc3c12. The van der Waals surface area contributed by atoms with Crippen molar-refractivity contribution < 1.29 is 4.42 Å². The highest BCUT2D eigenvalue weighted by atomic mass is 35.5. The van der Waals surface area contributed by atoms with E-state index < -0.39 is 0 Å². The third kappa shape index (κ3) is 0.946. The van der Waals surface area contributed by atoms with E-state index in [-0.39, 0.29) is 0 Å². The van der Waals surface area contributed by atoms with Crippen LogP contribution in [0.5, 0.6) is 0 Å². The van der Waals surface area contributed by atoms with Crippen LogP contribution in [-0.2, 0) is 0 Å². The molecule has 1 aromatic carbocycles. The Kier molecular flexibility index (Phi) is 1.52. The van der Waals surface area contributed by atoms with Gasteiger partial charge in [-0.2, -0.15) is 0 Å². The average molecular weight is 204 g/mol. The molecule has 3 heteroatoms. The van der Waals surface area contributed by atoms with Crippen LogP contribution in [0, 0.1) is 0 Å². The van der Waals surface area contributed by atoms with Crippen molar-refractivity contribution in [2.75, 3.05) is 0 Å². The Balaban J connectivity index is 2.65. The van der Waals surface area contributed by atoms with E-state index in [1.54, 1.807) is 12.4 Å². The molecule has 0 saturated carbocycles. The van der Waals surface area contributed by atoms with E-state index in [1.165, 1.54) is 0 Å². The topological polar surface area (TPSA) is 26.0 Å². The average Bonchev–Trinajstić information content (AvgIpc) is 2.57. The van der Waals surface area contributed by atoms with Crippen molar-refractivity contribution in [3.8, 4) is 0 Å². The first-order chi connectivity index (χ1) is 6.86. The van der Waals surface area contributed by atoms with Crippen LogP contribution in [0.3, 0.4) is 0 Å². The highest BCUT2D eigenvalue weighted by Crippen LogP contribution is 2.32. The number of benzene rings is 1. The normalized spacial score (nSPS) is 11.2. The standard InChI is InChI=1S/C11H6ClNO/c12-8-2-1-3-10-11(8)7-6-13-5-4-9(7)14-10/h1-6H. The summed E-state index contributed by atoms with van der Waals surface area (Å²) in [5, 5.41) is 2.61. The molecule has 0 atom stereocenters. The highest BCUT2D eigenvalue weighted by Gasteiger charge is 2.08. The summed E-state index contributed by atoms with van der Waals surface area (Å²) in [4.78, 5) is 4.06. The van der Waals surface area contributed by atoms with Crippen LogP contribution in [-0.4, -0.2) is 4.98 Å². The molecule has 0 saturated heterocycles. The molecular formula is C11H6ClNO. The zero-order chi connectivity index (χ0) is 9.54. The lowest BCUT2D eigenvalue weighted by Crippen LogP contribution is -1.70. The Hall–Kier alpha value is -1.54. The first-order valence-corrected chi connectivity index (χ1v) is 4.65. The maximum absolute atomic E-state index is 6.09. The van der Waals surface area contributed by atoms with Crippen molar-refractivity contribution in [2.24, 2.45) is 0 Å². The summed E-state index contributed by atoms with van der Waals surface area (Å²) < 4.78 is 5.61. The number of furan rings is 1. The van der Waals surface area contributed by atoms with Crippen LogP contribution in [0.4, 0.5) is 0 Å². The number of halogens is 1. The van der Waals surface area contributed by atoms with E-state index >= 15 is 0 Å². The van der Waals surface area contributed by atoms with Gasteiger partial charge in [0.05, 0.1) is 5.02 Å². The first kappa shape index (κ1) is 7.83. The second kappa shape index (κ2) is 2.72. The van der Waals surface area contributed by atoms with E-state index in [0.29, 0.717) is 5.02 Å². The quantitative estimate of drug-likeness (QED) is 0.558. The molecule has 0 amide bonds. The van der Waals surface area contributed by atoms with Crippen molar-refractivity contribution in [1.29, 1.82) is 0 Å². The minimum atomic E-state index is 0.703. The van der Waals surface area contributed by atoms with E-state index in [9.17, 15) is 0 Å². The number of pyridine rings is 1. The molecule has 0 aliphatic rings. The first-order valence-electron chi connectivity index (χ1n) is 4.27. The molecular weight excluding hydrogens is 198 g/mol. The third-order valence-corrected chi connectivity index (χ3v) is 2.56. The fourth-order valence-corrected chi connectivity index (χ4v) is 1.90. The fourth-order valence-electron chi connectivity index (χ4n) is 1.63. The van der Waals surface area contributed by atoms with Crippen LogP contribution < -0.4 is 0 Å². The third-order valence-electron chi connectivity index (χ3n) is 2.25. The number of aromatic nitrogens is 1. The molecule has 14 heavy (non-hydrogen) atoms. The number of rotatable bonds is 0. The maximum Gasteiger partial charge on any atom is 0.138 e. The predicted molar refractivity (Wildman–Crippen MR) is 56.5 cm³/mol. The molecule has 0 N–H and O–H groups in total. The Labute approximate surface area is 85.1 Å². The predicted octanol–water partition coefficient (Wildman–Crippen LogP) is 3.63. The molecule has 3 aromatic rings. The lowest BCUT2D eigenvalue weighted by atomic mass is 10.2. The smallest absolute Gasteiger partial charge is 0.138 e. The molecule has 0 unspecified atom stereocenters. The Morgan fingerprint density at radius 2 is 2.07 bits per heavy atom. The van der Waals surface area contributed by atoms with E-state index in [1.807, 2.05) is 24.3 Å². The Bertz CT molecular complexity index is 615. The van der Waals surface area contributed by atoms with E-state index in [4.69, 9.17) is 16.0 Å². The van der Waals surface area contributed by atoms with Crippen LogP contribution in [0.15, 0.2) is 41.1 Å². The van der Waals surface area contributed by atoms with Crippen molar-refractivity contribution in [3.05, 3.63) is 41.7 Å². The van der Waals surface area contributed by atoms with Crippen LogP contribution in [0.25, 0.3) is 21.9 Å². The van der Waals surface area contributed by atoms with Gasteiger partial charge < -0.3 is 4.42 Å². The Morgan fingerprint density at radius 3 is 3.00 bits per heavy atom. The van der Waals surface area contributed by atoms with Gasteiger partial charge in [-0.1, -0.05) is 17.7 Å². The van der Waals surface area contributed by atoms with Gasteiger partial charge in [-0.05, 0) is 18.2 Å². The summed E-state index contributed by atoms with van der Waals surface area (Å²) in [6, 6.07) is 7.47.